The average Bonchev–Trinajstić information content (AvgIpc) is 3.30. The van der Waals surface area contributed by atoms with Crippen molar-refractivity contribution in [2.45, 2.75) is 0 Å². The highest BCUT2D eigenvalue weighted by atomic mass is 16.3. The van der Waals surface area contributed by atoms with Gasteiger partial charge >= 0.3 is 0 Å². The van der Waals surface area contributed by atoms with E-state index in [0.29, 0.717) is 11.1 Å². The SMILES string of the molecule is N#Cc1ccc2oc3c(ccc4c3ccc3c5cc(C#N)ccc5oc34)c2c1. The minimum absolute atomic E-state index is 0.608. The first-order chi connectivity index (χ1) is 13.8. The van der Waals surface area contributed by atoms with Crippen molar-refractivity contribution in [1.29, 1.82) is 10.5 Å². The Bertz CT molecular complexity index is 1560. The van der Waals surface area contributed by atoms with Crippen molar-refractivity contribution in [3.63, 3.8) is 0 Å². The highest BCUT2D eigenvalue weighted by molar-refractivity contribution is 6.22. The molecular weight excluding hydrogens is 348 g/mol. The number of furan rings is 2. The lowest BCUT2D eigenvalue weighted by Crippen LogP contribution is -1.76. The van der Waals surface area contributed by atoms with E-state index in [9.17, 15) is 10.5 Å². The first-order valence-corrected chi connectivity index (χ1v) is 8.81. The van der Waals surface area contributed by atoms with Crippen molar-refractivity contribution >= 4 is 54.6 Å². The summed E-state index contributed by atoms with van der Waals surface area (Å²) in [5.41, 5.74) is 4.28. The monoisotopic (exact) mass is 358 g/mol. The van der Waals surface area contributed by atoms with Crippen molar-refractivity contribution < 1.29 is 8.83 Å². The van der Waals surface area contributed by atoms with E-state index in [0.717, 1.165) is 54.6 Å². The average molecular weight is 358 g/mol. The van der Waals surface area contributed by atoms with Crippen LogP contribution in [0.5, 0.6) is 0 Å². The molecule has 0 spiro atoms. The molecule has 0 N–H and O–H groups in total. The number of nitriles is 2. The first-order valence-electron chi connectivity index (χ1n) is 8.81. The van der Waals surface area contributed by atoms with Crippen molar-refractivity contribution in [3.05, 3.63) is 71.8 Å². The number of hydrogen-bond acceptors (Lipinski definition) is 4. The van der Waals surface area contributed by atoms with Crippen molar-refractivity contribution in [2.75, 3.05) is 0 Å². The van der Waals surface area contributed by atoms with Crippen LogP contribution in [0.2, 0.25) is 0 Å². The summed E-state index contributed by atoms with van der Waals surface area (Å²) in [7, 11) is 0. The van der Waals surface area contributed by atoms with Crippen LogP contribution >= 0.6 is 0 Å². The highest BCUT2D eigenvalue weighted by Gasteiger charge is 2.16. The number of fused-ring (bicyclic) bond motifs is 9. The van der Waals surface area contributed by atoms with E-state index >= 15 is 0 Å². The third kappa shape index (κ3) is 1.81. The summed E-state index contributed by atoms with van der Waals surface area (Å²) in [5, 5.41) is 24.1. The van der Waals surface area contributed by atoms with Crippen molar-refractivity contribution in [3.8, 4) is 12.1 Å². The Morgan fingerprint density at radius 3 is 1.29 bits per heavy atom. The zero-order valence-electron chi connectivity index (χ0n) is 14.5. The maximum Gasteiger partial charge on any atom is 0.143 e. The van der Waals surface area contributed by atoms with Gasteiger partial charge in [-0.25, -0.2) is 0 Å². The van der Waals surface area contributed by atoms with Gasteiger partial charge in [-0.15, -0.1) is 0 Å². The molecule has 4 aromatic carbocycles. The second-order valence-electron chi connectivity index (χ2n) is 6.83. The topological polar surface area (TPSA) is 73.9 Å². The molecule has 0 bridgehead atoms. The fraction of sp³-hybridized carbons (Fsp3) is 0. The van der Waals surface area contributed by atoms with E-state index < -0.39 is 0 Å². The Morgan fingerprint density at radius 1 is 0.500 bits per heavy atom. The minimum Gasteiger partial charge on any atom is -0.455 e. The molecule has 4 nitrogen and oxygen atoms in total. The number of nitrogens with zero attached hydrogens (tertiary/aromatic N) is 2. The third-order valence-corrected chi connectivity index (χ3v) is 5.32. The molecule has 6 aromatic rings. The molecule has 0 aliphatic heterocycles. The summed E-state index contributed by atoms with van der Waals surface area (Å²) >= 11 is 0. The van der Waals surface area contributed by atoms with Crippen LogP contribution < -0.4 is 0 Å². The summed E-state index contributed by atoms with van der Waals surface area (Å²) in [6.07, 6.45) is 0. The second-order valence-corrected chi connectivity index (χ2v) is 6.83. The molecule has 0 unspecified atom stereocenters. The zero-order valence-corrected chi connectivity index (χ0v) is 14.5. The molecule has 6 rings (SSSR count). The standard InChI is InChI=1S/C24H10N2O2/c25-11-13-1-7-21-19(9-13)17-5-3-16-15(23(17)27-21)4-6-18-20-10-14(12-26)2-8-22(20)28-24(16)18/h1-10H. The van der Waals surface area contributed by atoms with Gasteiger partial charge in [0.05, 0.1) is 23.3 Å². The zero-order chi connectivity index (χ0) is 18.8. The minimum atomic E-state index is 0.608. The van der Waals surface area contributed by atoms with Crippen LogP contribution in [-0.4, -0.2) is 0 Å². The quantitative estimate of drug-likeness (QED) is 0.316. The van der Waals surface area contributed by atoms with Crippen molar-refractivity contribution in [2.24, 2.45) is 0 Å². The van der Waals surface area contributed by atoms with Crippen LogP contribution in [0.25, 0.3) is 54.6 Å². The van der Waals surface area contributed by atoms with E-state index in [1.165, 1.54) is 0 Å². The fourth-order valence-corrected chi connectivity index (χ4v) is 4.01. The van der Waals surface area contributed by atoms with E-state index in [2.05, 4.69) is 12.1 Å². The Labute approximate surface area is 158 Å². The largest absolute Gasteiger partial charge is 0.455 e. The predicted octanol–water partition coefficient (Wildman–Crippen LogP) is 6.38. The summed E-state index contributed by atoms with van der Waals surface area (Å²) in [6, 6.07) is 23.4. The van der Waals surface area contributed by atoms with Gasteiger partial charge in [-0.3, -0.25) is 0 Å². The molecule has 128 valence electrons. The summed E-state index contributed by atoms with van der Waals surface area (Å²) < 4.78 is 12.3. The van der Waals surface area contributed by atoms with E-state index in [-0.39, 0.29) is 0 Å². The van der Waals surface area contributed by atoms with Crippen LogP contribution in [0.3, 0.4) is 0 Å². The first kappa shape index (κ1) is 14.8. The van der Waals surface area contributed by atoms with Crippen molar-refractivity contribution in [1.82, 2.24) is 0 Å². The van der Waals surface area contributed by atoms with Crippen LogP contribution in [0.4, 0.5) is 0 Å². The van der Waals surface area contributed by atoms with Gasteiger partial charge in [-0.1, -0.05) is 0 Å². The normalized spacial score (nSPS) is 11.5. The van der Waals surface area contributed by atoms with E-state index in [1.54, 1.807) is 12.1 Å². The van der Waals surface area contributed by atoms with E-state index in [4.69, 9.17) is 8.83 Å². The van der Waals surface area contributed by atoms with Gasteiger partial charge < -0.3 is 8.83 Å². The summed E-state index contributed by atoms with van der Waals surface area (Å²) in [5.74, 6) is 0. The molecule has 2 heterocycles. The van der Waals surface area contributed by atoms with Gasteiger partial charge in [0.1, 0.15) is 22.3 Å². The molecule has 0 aliphatic rings. The lowest BCUT2D eigenvalue weighted by molar-refractivity contribution is 0.669. The molecule has 0 saturated carbocycles. The lowest BCUT2D eigenvalue weighted by Gasteiger charge is -2.00. The molecule has 0 amide bonds. The summed E-state index contributed by atoms with van der Waals surface area (Å²) in [6.45, 7) is 0. The predicted molar refractivity (Wildman–Crippen MR) is 108 cm³/mol. The van der Waals surface area contributed by atoms with Crippen LogP contribution in [-0.2, 0) is 0 Å². The van der Waals surface area contributed by atoms with Gasteiger partial charge in [-0.05, 0) is 60.7 Å². The Balaban J connectivity index is 1.76. The maximum absolute atomic E-state index is 9.19. The van der Waals surface area contributed by atoms with Gasteiger partial charge in [0, 0.05) is 32.3 Å². The number of hydrogen-bond donors (Lipinski definition) is 0. The van der Waals surface area contributed by atoms with Gasteiger partial charge in [0.2, 0.25) is 0 Å². The molecular formula is C24H10N2O2. The molecule has 28 heavy (non-hydrogen) atoms. The Morgan fingerprint density at radius 2 is 0.893 bits per heavy atom. The Hall–Kier alpha value is -4.28. The summed E-state index contributed by atoms with van der Waals surface area (Å²) in [4.78, 5) is 0. The lowest BCUT2D eigenvalue weighted by atomic mass is 10.0. The van der Waals surface area contributed by atoms with E-state index in [1.807, 2.05) is 48.5 Å². The van der Waals surface area contributed by atoms with Crippen LogP contribution in [0.15, 0.2) is 69.5 Å². The number of rotatable bonds is 0. The van der Waals surface area contributed by atoms with Crippen LogP contribution in [0, 0.1) is 22.7 Å². The molecule has 0 saturated heterocycles. The van der Waals surface area contributed by atoms with Gasteiger partial charge in [0.15, 0.2) is 0 Å². The second kappa shape index (κ2) is 5.13. The molecule has 0 atom stereocenters. The fourth-order valence-electron chi connectivity index (χ4n) is 4.01. The van der Waals surface area contributed by atoms with Crippen LogP contribution in [0.1, 0.15) is 11.1 Å². The molecule has 4 heteroatoms. The maximum atomic E-state index is 9.19. The van der Waals surface area contributed by atoms with Gasteiger partial charge in [-0.2, -0.15) is 10.5 Å². The highest BCUT2D eigenvalue weighted by Crippen LogP contribution is 2.39. The molecule has 0 radical (unpaired) electrons. The number of benzene rings is 4. The molecule has 0 aliphatic carbocycles. The smallest absolute Gasteiger partial charge is 0.143 e. The molecule has 0 fully saturated rings. The molecule has 2 aromatic heterocycles. The van der Waals surface area contributed by atoms with Gasteiger partial charge in [0.25, 0.3) is 0 Å². The Kier molecular flexibility index (Phi) is 2.72. The third-order valence-electron chi connectivity index (χ3n) is 5.32.